The van der Waals surface area contributed by atoms with Crippen molar-refractivity contribution in [2.45, 2.75) is 58.8 Å². The molecule has 2 saturated carbocycles. The topological polar surface area (TPSA) is 29.1 Å². The van der Waals surface area contributed by atoms with Gasteiger partial charge in [0.05, 0.1) is 4.99 Å². The minimum atomic E-state index is -0.0301. The molecule has 158 valence electrons. The van der Waals surface area contributed by atoms with Gasteiger partial charge in [0.15, 0.2) is 0 Å². The summed E-state index contributed by atoms with van der Waals surface area (Å²) >= 11 is 4.89. The van der Waals surface area contributed by atoms with E-state index in [0.717, 1.165) is 36.1 Å². The fraction of sp³-hybridized carbons (Fsp3) is 0.538. The van der Waals surface area contributed by atoms with Crippen LogP contribution in [-0.2, 0) is 4.79 Å². The van der Waals surface area contributed by atoms with Gasteiger partial charge in [-0.15, -0.1) is 11.4 Å². The van der Waals surface area contributed by atoms with Gasteiger partial charge in [-0.05, 0) is 79.4 Å². The third-order valence-corrected chi connectivity index (χ3v) is 11.1. The highest BCUT2D eigenvalue weighted by Gasteiger charge is 2.58. The quantitative estimate of drug-likeness (QED) is 0.359. The first-order valence-corrected chi connectivity index (χ1v) is 13.2. The average molecular weight is 485 g/mol. The lowest BCUT2D eigenvalue weighted by Gasteiger charge is -2.56. The van der Waals surface area contributed by atoms with E-state index in [-0.39, 0.29) is 10.8 Å². The van der Waals surface area contributed by atoms with Crippen LogP contribution in [0.1, 0.15) is 64.4 Å². The summed E-state index contributed by atoms with van der Waals surface area (Å²) in [6.07, 6.45) is 10.4. The lowest BCUT2D eigenvalue weighted by Crippen LogP contribution is -2.49. The summed E-state index contributed by atoms with van der Waals surface area (Å²) < 4.78 is 1.13. The predicted octanol–water partition coefficient (Wildman–Crippen LogP) is 6.35. The zero-order chi connectivity index (χ0) is 20.7. The Bertz CT molecular complexity index is 1040. The minimum Gasteiger partial charge on any atom is -0.353 e. The van der Waals surface area contributed by atoms with E-state index in [1.165, 1.54) is 46.9 Å². The molecule has 1 heterocycles. The van der Waals surface area contributed by atoms with Crippen LogP contribution in [0.5, 0.6) is 0 Å². The molecule has 1 aliphatic heterocycles. The van der Waals surface area contributed by atoms with Crippen molar-refractivity contribution < 1.29 is 4.79 Å². The van der Waals surface area contributed by atoms with Crippen LogP contribution in [-0.4, -0.2) is 10.8 Å². The summed E-state index contributed by atoms with van der Waals surface area (Å²) in [7, 11) is 0. The number of carbonyl (C=O) groups excluding carboxylic acids is 1. The molecule has 0 amide bonds. The molecule has 5 aliphatic rings. The number of fused-ring (bicyclic) bond motifs is 6. The normalized spacial score (nSPS) is 39.7. The second-order valence-corrected chi connectivity index (χ2v) is 12.5. The van der Waals surface area contributed by atoms with Gasteiger partial charge in [0.1, 0.15) is 5.78 Å². The van der Waals surface area contributed by atoms with E-state index in [0.29, 0.717) is 17.6 Å². The molecule has 2 nitrogen and oxygen atoms in total. The predicted molar refractivity (Wildman–Crippen MR) is 129 cm³/mol. The monoisotopic (exact) mass is 483 g/mol. The third-order valence-electron chi connectivity index (χ3n) is 9.22. The number of thiol groups is 1. The first-order valence-electron chi connectivity index (χ1n) is 11.5. The molecule has 6 rings (SSSR count). The Labute approximate surface area is 191 Å². The van der Waals surface area contributed by atoms with Crippen molar-refractivity contribution in [1.82, 2.24) is 5.32 Å². The highest BCUT2D eigenvalue weighted by atomic mass is 79.9. The summed E-state index contributed by atoms with van der Waals surface area (Å²) in [5, 5.41) is 3.78. The zero-order valence-electron chi connectivity index (χ0n) is 17.8. The molecule has 4 aliphatic carbocycles. The highest BCUT2D eigenvalue weighted by molar-refractivity contribution is 9.10. The molecule has 5 atom stereocenters. The number of nitrogens with one attached hydrogen (secondary N) is 1. The molecular formula is C26H30BrNOS. The second kappa shape index (κ2) is 6.68. The molecule has 4 heteroatoms. The molecule has 0 unspecified atom stereocenters. The Hall–Kier alpha value is -1.13. The molecule has 0 radical (unpaired) electrons. The second-order valence-electron chi connectivity index (χ2n) is 10.5. The maximum atomic E-state index is 12.7. The number of Topliss-reactive ketones (excluding diaryl/α,β-unsaturated/α-hetero) is 1. The van der Waals surface area contributed by atoms with Crippen LogP contribution >= 0.6 is 27.3 Å². The summed E-state index contributed by atoms with van der Waals surface area (Å²) in [4.78, 5) is 15.6. The van der Waals surface area contributed by atoms with E-state index in [1.54, 1.807) is 10.5 Å². The van der Waals surface area contributed by atoms with E-state index < -0.39 is 0 Å². The van der Waals surface area contributed by atoms with Crippen molar-refractivity contribution in [2.24, 2.45) is 28.6 Å². The van der Waals surface area contributed by atoms with Crippen LogP contribution in [0.4, 0.5) is 0 Å². The Morgan fingerprint density at radius 3 is 2.60 bits per heavy atom. The fourth-order valence-electron chi connectivity index (χ4n) is 7.49. The van der Waals surface area contributed by atoms with Gasteiger partial charge in [0, 0.05) is 32.5 Å². The van der Waals surface area contributed by atoms with E-state index >= 15 is 0 Å². The minimum absolute atomic E-state index is 0.0301. The molecule has 30 heavy (non-hydrogen) atoms. The molecular weight excluding hydrogens is 454 g/mol. The number of benzene rings is 1. The van der Waals surface area contributed by atoms with Crippen molar-refractivity contribution in [3.05, 3.63) is 56.6 Å². The Morgan fingerprint density at radius 1 is 1.03 bits per heavy atom. The van der Waals surface area contributed by atoms with E-state index in [4.69, 9.17) is 0 Å². The van der Waals surface area contributed by atoms with Crippen LogP contribution in [0.25, 0.3) is 0 Å². The standard InChI is InChI=1S/C26H30BrNOS/c1-25-14-12-21-23(30-24(28-21)15-3-5-16(27)6-4-15)20(25)8-7-17-18-9-10-22(29)26(18,2)13-11-19(17)25/h3-6,8,17-19,28,30H,7,9-14H2,1-2H3/t17-,18-,19-,25+,26-/m0/s1. The van der Waals surface area contributed by atoms with Gasteiger partial charge in [-0.2, -0.15) is 0 Å². The number of ketones is 1. The number of rotatable bonds is 1. The van der Waals surface area contributed by atoms with Gasteiger partial charge in [0.25, 0.3) is 0 Å². The Balaban J connectivity index is 1.36. The van der Waals surface area contributed by atoms with Gasteiger partial charge >= 0.3 is 0 Å². The summed E-state index contributed by atoms with van der Waals surface area (Å²) in [5.74, 6) is 2.60. The van der Waals surface area contributed by atoms with E-state index in [9.17, 15) is 4.79 Å². The number of allylic oxidation sites excluding steroid dienone is 3. The summed E-state index contributed by atoms with van der Waals surface area (Å²) in [6, 6.07) is 8.68. The van der Waals surface area contributed by atoms with Crippen LogP contribution in [0, 0.1) is 28.6 Å². The van der Waals surface area contributed by atoms with Crippen LogP contribution in [0.15, 0.2) is 51.0 Å². The van der Waals surface area contributed by atoms with Crippen LogP contribution in [0.3, 0.4) is 0 Å². The lowest BCUT2D eigenvalue weighted by atomic mass is 9.48. The van der Waals surface area contributed by atoms with E-state index in [1.807, 2.05) is 0 Å². The molecule has 2 fully saturated rings. The van der Waals surface area contributed by atoms with Crippen LogP contribution in [0.2, 0.25) is 0 Å². The van der Waals surface area contributed by atoms with Crippen molar-refractivity contribution in [3.8, 4) is 0 Å². The zero-order valence-corrected chi connectivity index (χ0v) is 20.3. The SMILES string of the molecule is C[C@]12CCC3=C([SH]=C(c4ccc(Br)cc4)N3)C1=CC[C@@H]1[C@@H]2CC[C@]2(C)C(=O)CC[C@@H]12. The lowest BCUT2D eigenvalue weighted by molar-refractivity contribution is -0.131. The molecule has 1 aromatic carbocycles. The van der Waals surface area contributed by atoms with Gasteiger partial charge in [-0.3, -0.25) is 4.79 Å². The van der Waals surface area contributed by atoms with Gasteiger partial charge in [0.2, 0.25) is 0 Å². The van der Waals surface area contributed by atoms with Crippen molar-refractivity contribution in [1.29, 1.82) is 0 Å². The molecule has 1 aromatic rings. The largest absolute Gasteiger partial charge is 0.353 e. The van der Waals surface area contributed by atoms with Gasteiger partial charge < -0.3 is 5.32 Å². The summed E-state index contributed by atoms with van der Waals surface area (Å²) in [6.45, 7) is 4.83. The Morgan fingerprint density at radius 2 is 1.80 bits per heavy atom. The number of carbonyl (C=O) groups is 1. The molecule has 0 bridgehead atoms. The molecule has 1 N–H and O–H groups in total. The molecule has 0 saturated heterocycles. The van der Waals surface area contributed by atoms with Crippen LogP contribution < -0.4 is 5.32 Å². The number of halogens is 1. The highest BCUT2D eigenvalue weighted by Crippen LogP contribution is 2.65. The molecule has 0 spiro atoms. The van der Waals surface area contributed by atoms with Crippen molar-refractivity contribution in [2.75, 3.05) is 0 Å². The maximum Gasteiger partial charge on any atom is 0.139 e. The van der Waals surface area contributed by atoms with Gasteiger partial charge in [-0.25, -0.2) is 0 Å². The Kier molecular flexibility index (Phi) is 4.35. The first-order chi connectivity index (χ1) is 14.4. The molecule has 0 aromatic heterocycles. The van der Waals surface area contributed by atoms with E-state index in [2.05, 4.69) is 65.4 Å². The van der Waals surface area contributed by atoms with Crippen molar-refractivity contribution >= 4 is 38.1 Å². The summed E-state index contributed by atoms with van der Waals surface area (Å²) in [5.41, 5.74) is 4.62. The van der Waals surface area contributed by atoms with Gasteiger partial charge in [-0.1, -0.05) is 48.0 Å². The number of hydrogen-bond donors (Lipinski definition) is 2. The fourth-order valence-corrected chi connectivity index (χ4v) is 9.22. The maximum absolute atomic E-state index is 12.7. The third kappa shape index (κ3) is 2.62. The number of hydrogen-bond acceptors (Lipinski definition) is 2. The first kappa shape index (κ1) is 19.5. The van der Waals surface area contributed by atoms with Crippen molar-refractivity contribution in [3.63, 3.8) is 0 Å². The smallest absolute Gasteiger partial charge is 0.139 e. The average Bonchev–Trinajstić information content (AvgIpc) is 3.29.